The topological polar surface area (TPSA) is 54.3 Å². The average Bonchev–Trinajstić information content (AvgIpc) is 3.28. The number of carbonyl (C=O) groups excluding carboxylic acids is 1. The summed E-state index contributed by atoms with van der Waals surface area (Å²) in [5.41, 5.74) is 4.76. The molecule has 0 bridgehead atoms. The highest BCUT2D eigenvalue weighted by atomic mass is 35.5. The maximum absolute atomic E-state index is 12.5. The van der Waals surface area contributed by atoms with Gasteiger partial charge in [0.2, 0.25) is 0 Å². The Bertz CT molecular complexity index is 1180. The monoisotopic (exact) mass is 384 g/mol. The molecule has 4 rings (SSSR count). The van der Waals surface area contributed by atoms with Crippen LogP contribution in [0.5, 0.6) is 5.75 Å². The molecule has 0 spiro atoms. The third kappa shape index (κ3) is 2.59. The SMILES string of the molecule is C=C(C)C(=O)N(CCC)c1cc(O)c(-n2n3c4ccc(Cl)cc4n23)cc1C. The van der Waals surface area contributed by atoms with Gasteiger partial charge in [-0.25, -0.2) is 0 Å². The number of carbonyl (C=O) groups is 1. The minimum Gasteiger partial charge on any atom is -0.506 e. The molecule has 0 aliphatic carbocycles. The second-order valence-corrected chi connectivity index (χ2v) is 7.30. The Kier molecular flexibility index (Phi) is 3.96. The summed E-state index contributed by atoms with van der Waals surface area (Å²) in [6.07, 6.45) is 0.810. The predicted octanol–water partition coefficient (Wildman–Crippen LogP) is 4.41. The molecule has 2 aromatic heterocycles. The van der Waals surface area contributed by atoms with Crippen molar-refractivity contribution in [1.82, 2.24) is 14.1 Å². The van der Waals surface area contributed by atoms with Gasteiger partial charge < -0.3 is 10.0 Å². The number of fused-ring (bicyclic) bond motifs is 4. The Morgan fingerprint density at radius 2 is 1.93 bits per heavy atom. The van der Waals surface area contributed by atoms with Crippen molar-refractivity contribution in [3.8, 4) is 11.4 Å². The van der Waals surface area contributed by atoms with Gasteiger partial charge in [-0.2, -0.15) is 0 Å². The third-order valence-corrected chi connectivity index (χ3v) is 4.97. The standard InChI is InChI=1S/C20H21ClN4O2/c1-5-8-22(20(27)12(2)3)16-11-19(26)18(9-13(16)4)25-23-15-7-6-14(21)10-17(15)24(23)25/h6-7,9-11,26H,2,5,8H2,1,3-4H3. The van der Waals surface area contributed by atoms with Crippen LogP contribution in [0.2, 0.25) is 5.02 Å². The summed E-state index contributed by atoms with van der Waals surface area (Å²) in [5.74, 6) is -0.0222. The molecule has 1 N–H and O–H groups in total. The van der Waals surface area contributed by atoms with E-state index in [0.29, 0.717) is 28.5 Å². The summed E-state index contributed by atoms with van der Waals surface area (Å²) >= 11 is 6.07. The minimum atomic E-state index is -0.131. The molecule has 0 atom stereocenters. The second-order valence-electron chi connectivity index (χ2n) is 6.87. The van der Waals surface area contributed by atoms with Crippen LogP contribution in [-0.4, -0.2) is 31.6 Å². The van der Waals surface area contributed by atoms with Gasteiger partial charge in [0.05, 0.1) is 5.69 Å². The maximum atomic E-state index is 12.5. The number of amides is 1. The Morgan fingerprint density at radius 3 is 2.59 bits per heavy atom. The second kappa shape index (κ2) is 6.09. The van der Waals surface area contributed by atoms with Crippen molar-refractivity contribution < 1.29 is 9.90 Å². The summed E-state index contributed by atoms with van der Waals surface area (Å²) in [4.78, 5) is 16.1. The minimum absolute atomic E-state index is 0.109. The number of aromatic nitrogens is 3. The van der Waals surface area contributed by atoms with Crippen LogP contribution >= 0.6 is 11.6 Å². The predicted molar refractivity (Wildman–Crippen MR) is 108 cm³/mol. The number of nitrogens with zero attached hydrogens (tertiary/aromatic N) is 4. The van der Waals surface area contributed by atoms with E-state index < -0.39 is 0 Å². The van der Waals surface area contributed by atoms with E-state index in [2.05, 4.69) is 6.58 Å². The lowest BCUT2D eigenvalue weighted by Crippen LogP contribution is -2.32. The molecule has 0 radical (unpaired) electrons. The van der Waals surface area contributed by atoms with E-state index >= 15 is 0 Å². The Morgan fingerprint density at radius 1 is 1.22 bits per heavy atom. The average molecular weight is 385 g/mol. The van der Waals surface area contributed by atoms with E-state index in [9.17, 15) is 9.90 Å². The first-order valence-corrected chi connectivity index (χ1v) is 9.23. The van der Waals surface area contributed by atoms with Crippen LogP contribution in [0.4, 0.5) is 5.69 Å². The van der Waals surface area contributed by atoms with Crippen LogP contribution in [0, 0.1) is 6.92 Å². The molecule has 1 amide bonds. The Hall–Kier alpha value is -2.86. The number of anilines is 1. The first-order valence-electron chi connectivity index (χ1n) is 8.85. The van der Waals surface area contributed by atoms with Crippen LogP contribution in [0.25, 0.3) is 16.7 Å². The van der Waals surface area contributed by atoms with Gasteiger partial charge in [-0.3, -0.25) is 4.79 Å². The van der Waals surface area contributed by atoms with Crippen LogP contribution < -0.4 is 4.90 Å². The van der Waals surface area contributed by atoms with E-state index in [0.717, 1.165) is 23.0 Å². The van der Waals surface area contributed by atoms with Gasteiger partial charge in [0, 0.05) is 23.2 Å². The number of hydrogen-bond acceptors (Lipinski definition) is 2. The number of aryl methyl sites for hydroxylation is 1. The summed E-state index contributed by atoms with van der Waals surface area (Å²) in [5, 5.41) is 11.4. The molecular formula is C20H21ClN4O2. The number of hydrogen-bond donors (Lipinski definition) is 1. The zero-order chi connectivity index (χ0) is 19.5. The number of halogens is 1. The highest BCUT2D eigenvalue weighted by molar-refractivity contribution is 6.31. The zero-order valence-electron chi connectivity index (χ0n) is 15.5. The highest BCUT2D eigenvalue weighted by Crippen LogP contribution is 2.36. The smallest absolute Gasteiger partial charge is 0.253 e. The summed E-state index contributed by atoms with van der Waals surface area (Å²) in [7, 11) is 0. The summed E-state index contributed by atoms with van der Waals surface area (Å²) < 4.78 is 3.88. The van der Waals surface area contributed by atoms with Crippen LogP contribution in [0.15, 0.2) is 42.5 Å². The van der Waals surface area contributed by atoms with E-state index in [4.69, 9.17) is 11.6 Å². The highest BCUT2D eigenvalue weighted by Gasteiger charge is 2.27. The summed E-state index contributed by atoms with van der Waals surface area (Å²) in [6.45, 7) is 9.98. The molecule has 2 aromatic carbocycles. The first kappa shape index (κ1) is 17.5. The molecule has 0 saturated carbocycles. The van der Waals surface area contributed by atoms with Gasteiger partial charge in [-0.05, 0) is 50.1 Å². The number of aromatic hydroxyl groups is 1. The lowest BCUT2D eigenvalue weighted by Gasteiger charge is -2.24. The van der Waals surface area contributed by atoms with Crippen molar-refractivity contribution in [2.75, 3.05) is 11.4 Å². The van der Waals surface area contributed by atoms with E-state index in [1.54, 1.807) is 17.9 Å². The molecule has 0 aliphatic heterocycles. The number of phenolic OH excluding ortho intramolecular Hbond substituents is 1. The fourth-order valence-corrected chi connectivity index (χ4v) is 3.59. The third-order valence-electron chi connectivity index (χ3n) is 4.73. The molecule has 2 heterocycles. The Labute approximate surface area is 161 Å². The fourth-order valence-electron chi connectivity index (χ4n) is 3.43. The van der Waals surface area contributed by atoms with Crippen LogP contribution in [-0.2, 0) is 4.79 Å². The van der Waals surface area contributed by atoms with Gasteiger partial charge in [0.15, 0.2) is 0 Å². The molecule has 140 valence electrons. The van der Waals surface area contributed by atoms with Crippen molar-refractivity contribution in [2.24, 2.45) is 0 Å². The van der Waals surface area contributed by atoms with Crippen molar-refractivity contribution in [3.05, 3.63) is 53.1 Å². The molecule has 7 heteroatoms. The number of benzene rings is 2. The molecule has 0 unspecified atom stereocenters. The molecular weight excluding hydrogens is 364 g/mol. The van der Waals surface area contributed by atoms with Crippen LogP contribution in [0.1, 0.15) is 25.8 Å². The number of phenols is 1. The quantitative estimate of drug-likeness (QED) is 0.518. The van der Waals surface area contributed by atoms with Gasteiger partial charge >= 0.3 is 0 Å². The van der Waals surface area contributed by atoms with Crippen molar-refractivity contribution in [1.29, 1.82) is 0 Å². The lowest BCUT2D eigenvalue weighted by atomic mass is 10.1. The van der Waals surface area contributed by atoms with Crippen molar-refractivity contribution in [3.63, 3.8) is 0 Å². The van der Waals surface area contributed by atoms with Crippen molar-refractivity contribution >= 4 is 34.2 Å². The van der Waals surface area contributed by atoms with Crippen LogP contribution in [0.3, 0.4) is 0 Å². The van der Waals surface area contributed by atoms with Gasteiger partial charge in [0.25, 0.3) is 5.91 Å². The molecule has 0 saturated heterocycles. The van der Waals surface area contributed by atoms with E-state index in [1.165, 1.54) is 0 Å². The van der Waals surface area contributed by atoms with Gasteiger partial charge in [0.1, 0.15) is 22.5 Å². The van der Waals surface area contributed by atoms with Crippen molar-refractivity contribution in [2.45, 2.75) is 27.2 Å². The maximum Gasteiger partial charge on any atom is 0.253 e. The summed E-state index contributed by atoms with van der Waals surface area (Å²) in [6, 6.07) is 9.22. The normalized spacial score (nSPS) is 11.7. The lowest BCUT2D eigenvalue weighted by molar-refractivity contribution is -0.115. The molecule has 4 aromatic rings. The Balaban J connectivity index is 1.78. The molecule has 6 nitrogen and oxygen atoms in total. The van der Waals surface area contributed by atoms with Gasteiger partial charge in [-0.1, -0.05) is 25.1 Å². The largest absolute Gasteiger partial charge is 0.506 e. The fraction of sp³-hybridized carbons (Fsp3) is 0.250. The van der Waals surface area contributed by atoms with E-state index in [-0.39, 0.29) is 11.7 Å². The number of rotatable bonds is 5. The zero-order valence-corrected chi connectivity index (χ0v) is 16.3. The molecule has 27 heavy (non-hydrogen) atoms. The van der Waals surface area contributed by atoms with E-state index in [1.807, 2.05) is 52.2 Å². The molecule has 0 aliphatic rings. The van der Waals surface area contributed by atoms with Gasteiger partial charge in [-0.15, -0.1) is 14.1 Å². The first-order chi connectivity index (χ1) is 12.8. The molecule has 0 fully saturated rings.